The molecule has 1 aromatic heterocycles. The predicted molar refractivity (Wildman–Crippen MR) is 82.5 cm³/mol. The van der Waals surface area contributed by atoms with Crippen LogP contribution in [-0.4, -0.2) is 20.8 Å². The summed E-state index contributed by atoms with van der Waals surface area (Å²) in [5.74, 6) is 0. The van der Waals surface area contributed by atoms with Gasteiger partial charge in [-0.2, -0.15) is 0 Å². The van der Waals surface area contributed by atoms with Gasteiger partial charge in [0, 0.05) is 7.05 Å². The first kappa shape index (κ1) is 13.1. The summed E-state index contributed by atoms with van der Waals surface area (Å²) in [5, 5.41) is 0. The van der Waals surface area contributed by atoms with E-state index in [4.69, 9.17) is 4.74 Å². The van der Waals surface area contributed by atoms with Crippen LogP contribution in [-0.2, 0) is 18.3 Å². The minimum Gasteiger partial charge on any atom is -0.370 e. The van der Waals surface area contributed by atoms with Crippen molar-refractivity contribution in [3.8, 4) is 0 Å². The van der Waals surface area contributed by atoms with Gasteiger partial charge in [0.2, 0.25) is 0 Å². The Kier molecular flexibility index (Phi) is 2.96. The third-order valence-electron chi connectivity index (χ3n) is 5.29. The zero-order valence-corrected chi connectivity index (χ0v) is 12.5. The molecule has 1 aliphatic carbocycles. The number of rotatable bonds is 2. The molecule has 0 amide bonds. The molecule has 4 heteroatoms. The van der Waals surface area contributed by atoms with Crippen molar-refractivity contribution in [1.82, 2.24) is 9.13 Å². The molecule has 1 unspecified atom stereocenters. The summed E-state index contributed by atoms with van der Waals surface area (Å²) in [6.07, 6.45) is 7.42. The van der Waals surface area contributed by atoms with Crippen LogP contribution in [0, 0.1) is 0 Å². The molecule has 21 heavy (non-hydrogen) atoms. The van der Waals surface area contributed by atoms with Gasteiger partial charge >= 0.3 is 5.69 Å². The van der Waals surface area contributed by atoms with E-state index in [1.807, 2.05) is 35.9 Å². The second-order valence-corrected chi connectivity index (χ2v) is 6.61. The van der Waals surface area contributed by atoms with Crippen molar-refractivity contribution >= 4 is 11.0 Å². The Morgan fingerprint density at radius 3 is 2.67 bits per heavy atom. The van der Waals surface area contributed by atoms with Crippen molar-refractivity contribution in [2.24, 2.45) is 7.05 Å². The van der Waals surface area contributed by atoms with Crippen LogP contribution in [0.3, 0.4) is 0 Å². The molecule has 4 nitrogen and oxygen atoms in total. The van der Waals surface area contributed by atoms with Crippen LogP contribution in [0.4, 0.5) is 0 Å². The van der Waals surface area contributed by atoms with Gasteiger partial charge in [-0.3, -0.25) is 9.13 Å². The van der Waals surface area contributed by atoms with Gasteiger partial charge in [0.1, 0.15) is 0 Å². The highest BCUT2D eigenvalue weighted by molar-refractivity contribution is 5.75. The monoisotopic (exact) mass is 286 g/mol. The van der Waals surface area contributed by atoms with E-state index >= 15 is 0 Å². The zero-order valence-electron chi connectivity index (χ0n) is 12.5. The van der Waals surface area contributed by atoms with Gasteiger partial charge in [-0.25, -0.2) is 4.79 Å². The van der Waals surface area contributed by atoms with Crippen molar-refractivity contribution < 1.29 is 4.74 Å². The number of aryl methyl sites for hydroxylation is 1. The van der Waals surface area contributed by atoms with Crippen molar-refractivity contribution in [1.29, 1.82) is 0 Å². The highest BCUT2D eigenvalue weighted by Gasteiger charge is 2.42. The summed E-state index contributed by atoms with van der Waals surface area (Å²) >= 11 is 0. The van der Waals surface area contributed by atoms with Crippen molar-refractivity contribution in [3.05, 3.63) is 34.7 Å². The molecule has 2 heterocycles. The number of hydrogen-bond donors (Lipinski definition) is 0. The number of fused-ring (bicyclic) bond motifs is 1. The smallest absolute Gasteiger partial charge is 0.328 e. The molecule has 1 saturated carbocycles. The fourth-order valence-electron chi connectivity index (χ4n) is 4.15. The second-order valence-electron chi connectivity index (χ2n) is 6.61. The highest BCUT2D eigenvalue weighted by Crippen LogP contribution is 2.43. The molecule has 112 valence electrons. The van der Waals surface area contributed by atoms with Gasteiger partial charge < -0.3 is 4.74 Å². The number of imidazole rings is 1. The molecule has 1 aromatic carbocycles. The number of nitrogens with zero attached hydrogens (tertiary/aromatic N) is 2. The van der Waals surface area contributed by atoms with Crippen molar-refractivity contribution in [2.75, 3.05) is 0 Å². The normalized spacial score (nSPS) is 24.3. The Balaban J connectivity index is 1.64. The fourth-order valence-corrected chi connectivity index (χ4v) is 4.15. The molecule has 2 aromatic rings. The summed E-state index contributed by atoms with van der Waals surface area (Å²) in [5.41, 5.74) is 2.21. The highest BCUT2D eigenvalue weighted by atomic mass is 16.5. The third-order valence-corrected chi connectivity index (χ3v) is 5.29. The van der Waals surface area contributed by atoms with Crippen LogP contribution in [0.5, 0.6) is 0 Å². The first-order valence-electron chi connectivity index (χ1n) is 8.01. The Labute approximate surface area is 124 Å². The minimum atomic E-state index is 0.0622. The average molecular weight is 286 g/mol. The molecular formula is C17H22N2O2. The van der Waals surface area contributed by atoms with Gasteiger partial charge in [0.15, 0.2) is 0 Å². The van der Waals surface area contributed by atoms with E-state index in [9.17, 15) is 4.79 Å². The summed E-state index contributed by atoms with van der Waals surface area (Å²) < 4.78 is 9.97. The quantitative estimate of drug-likeness (QED) is 0.851. The summed E-state index contributed by atoms with van der Waals surface area (Å²) in [6.45, 7) is 0.682. The maximum Gasteiger partial charge on any atom is 0.328 e. The lowest BCUT2D eigenvalue weighted by Gasteiger charge is -2.23. The fraction of sp³-hybridized carbons (Fsp3) is 0.588. The number of aromatic nitrogens is 2. The number of ether oxygens (including phenoxy) is 1. The van der Waals surface area contributed by atoms with Crippen LogP contribution < -0.4 is 5.69 Å². The van der Waals surface area contributed by atoms with Crippen LogP contribution >= 0.6 is 0 Å². The van der Waals surface area contributed by atoms with Crippen LogP contribution in [0.25, 0.3) is 11.0 Å². The Morgan fingerprint density at radius 1 is 1.19 bits per heavy atom. The molecule has 1 atom stereocenters. The van der Waals surface area contributed by atoms with E-state index in [0.29, 0.717) is 6.54 Å². The summed E-state index contributed by atoms with van der Waals surface area (Å²) in [6, 6.07) is 8.00. The largest absolute Gasteiger partial charge is 0.370 e. The maximum atomic E-state index is 12.5. The topological polar surface area (TPSA) is 36.2 Å². The van der Waals surface area contributed by atoms with Gasteiger partial charge in [-0.05, 0) is 37.8 Å². The molecule has 0 N–H and O–H groups in total. The predicted octanol–water partition coefficient (Wildman–Crippen LogP) is 2.83. The van der Waals surface area contributed by atoms with E-state index in [1.165, 1.54) is 25.7 Å². The van der Waals surface area contributed by atoms with Gasteiger partial charge in [-0.15, -0.1) is 0 Å². The molecule has 1 spiro atoms. The average Bonchev–Trinajstić information content (AvgIpc) is 3.18. The van der Waals surface area contributed by atoms with Crippen LogP contribution in [0.2, 0.25) is 0 Å². The van der Waals surface area contributed by atoms with E-state index in [2.05, 4.69) is 0 Å². The zero-order chi connectivity index (χ0) is 14.4. The van der Waals surface area contributed by atoms with Crippen molar-refractivity contribution in [3.63, 3.8) is 0 Å². The first-order valence-corrected chi connectivity index (χ1v) is 8.01. The summed E-state index contributed by atoms with van der Waals surface area (Å²) in [4.78, 5) is 12.5. The third kappa shape index (κ3) is 2.04. The van der Waals surface area contributed by atoms with Crippen LogP contribution in [0.1, 0.15) is 38.5 Å². The van der Waals surface area contributed by atoms with E-state index < -0.39 is 0 Å². The van der Waals surface area contributed by atoms with Crippen molar-refractivity contribution in [2.45, 2.75) is 56.8 Å². The number of para-hydroxylation sites is 2. The molecule has 0 bridgehead atoms. The lowest BCUT2D eigenvalue weighted by molar-refractivity contribution is -0.0417. The first-order chi connectivity index (χ1) is 10.2. The standard InChI is InChI=1S/C17H22N2O2/c1-18-14-6-2-3-7-15(14)19(16(18)20)12-13-8-11-17(21-13)9-4-5-10-17/h2-3,6-7,13H,4-5,8-12H2,1H3. The molecule has 0 radical (unpaired) electrons. The molecule has 1 saturated heterocycles. The number of hydrogen-bond acceptors (Lipinski definition) is 2. The Hall–Kier alpha value is -1.55. The van der Waals surface area contributed by atoms with Gasteiger partial charge in [0.05, 0.1) is 29.3 Å². The molecule has 1 aliphatic heterocycles. The number of benzene rings is 1. The maximum absolute atomic E-state index is 12.5. The van der Waals surface area contributed by atoms with Gasteiger partial charge in [0.25, 0.3) is 0 Å². The minimum absolute atomic E-state index is 0.0622. The Morgan fingerprint density at radius 2 is 1.90 bits per heavy atom. The lowest BCUT2D eigenvalue weighted by Crippen LogP contribution is -2.30. The summed E-state index contributed by atoms with van der Waals surface area (Å²) in [7, 11) is 1.84. The molecule has 2 aliphatic rings. The van der Waals surface area contributed by atoms with E-state index in [-0.39, 0.29) is 17.4 Å². The van der Waals surface area contributed by atoms with E-state index in [0.717, 1.165) is 23.9 Å². The molecule has 2 fully saturated rings. The Bertz CT molecular complexity index is 722. The molecule has 4 rings (SSSR count). The van der Waals surface area contributed by atoms with E-state index in [1.54, 1.807) is 4.57 Å². The van der Waals surface area contributed by atoms with Gasteiger partial charge in [-0.1, -0.05) is 25.0 Å². The molecular weight excluding hydrogens is 264 g/mol. The SMILES string of the molecule is Cn1c(=O)n(CC2CCC3(CCCC3)O2)c2ccccc21. The van der Waals surface area contributed by atoms with Crippen LogP contribution in [0.15, 0.2) is 29.1 Å². The lowest BCUT2D eigenvalue weighted by atomic mass is 9.98. The second kappa shape index (κ2) is 4.73.